The van der Waals surface area contributed by atoms with Gasteiger partial charge in [0.05, 0.1) is 13.1 Å². The van der Waals surface area contributed by atoms with Crippen molar-refractivity contribution in [3.63, 3.8) is 0 Å². The van der Waals surface area contributed by atoms with E-state index in [2.05, 4.69) is 35.3 Å². The van der Waals surface area contributed by atoms with Gasteiger partial charge < -0.3 is 10.2 Å². The molecule has 1 unspecified atom stereocenters. The van der Waals surface area contributed by atoms with E-state index >= 15 is 0 Å². The fourth-order valence-corrected chi connectivity index (χ4v) is 1.56. The molecule has 0 radical (unpaired) electrons. The van der Waals surface area contributed by atoms with Gasteiger partial charge in [-0.05, 0) is 26.4 Å². The summed E-state index contributed by atoms with van der Waals surface area (Å²) in [6, 6.07) is 0.381. The average molecular weight is 239 g/mol. The van der Waals surface area contributed by atoms with Gasteiger partial charge in [-0.15, -0.1) is 6.42 Å². The molecular formula is C13H25N3O. The van der Waals surface area contributed by atoms with Crippen LogP contribution >= 0.6 is 0 Å². The SMILES string of the molecule is C#CCNCC(=O)NCC(CC(C)C)N(C)C. The summed E-state index contributed by atoms with van der Waals surface area (Å²) in [5.74, 6) is 3.05. The third-order valence-electron chi connectivity index (χ3n) is 2.52. The van der Waals surface area contributed by atoms with Gasteiger partial charge >= 0.3 is 0 Å². The molecule has 0 spiro atoms. The molecule has 0 aromatic heterocycles. The lowest BCUT2D eigenvalue weighted by Gasteiger charge is -2.26. The molecule has 0 saturated carbocycles. The highest BCUT2D eigenvalue weighted by atomic mass is 16.1. The Balaban J connectivity index is 3.88. The number of hydrogen-bond donors (Lipinski definition) is 2. The van der Waals surface area contributed by atoms with Crippen molar-refractivity contribution in [3.05, 3.63) is 0 Å². The van der Waals surface area contributed by atoms with E-state index in [1.807, 2.05) is 14.1 Å². The Kier molecular flexibility index (Phi) is 8.47. The molecule has 0 aliphatic heterocycles. The Bertz CT molecular complexity index is 256. The van der Waals surface area contributed by atoms with E-state index in [0.29, 0.717) is 25.0 Å². The third-order valence-corrected chi connectivity index (χ3v) is 2.52. The van der Waals surface area contributed by atoms with Crippen molar-refractivity contribution in [1.29, 1.82) is 0 Å². The van der Waals surface area contributed by atoms with E-state index in [1.54, 1.807) is 0 Å². The molecule has 0 fully saturated rings. The number of hydrogen-bond acceptors (Lipinski definition) is 3. The van der Waals surface area contributed by atoms with Gasteiger partial charge in [-0.3, -0.25) is 10.1 Å². The van der Waals surface area contributed by atoms with Gasteiger partial charge in [0.1, 0.15) is 0 Å². The number of likely N-dealkylation sites (N-methyl/N-ethyl adjacent to an activating group) is 1. The van der Waals surface area contributed by atoms with Crippen LogP contribution in [0.15, 0.2) is 0 Å². The molecule has 0 aliphatic rings. The molecule has 4 heteroatoms. The summed E-state index contributed by atoms with van der Waals surface area (Å²) in [6.45, 7) is 5.77. The Morgan fingerprint density at radius 1 is 1.41 bits per heavy atom. The largest absolute Gasteiger partial charge is 0.353 e. The molecule has 2 N–H and O–H groups in total. The number of rotatable bonds is 8. The van der Waals surface area contributed by atoms with Crippen LogP contribution in [0.5, 0.6) is 0 Å². The smallest absolute Gasteiger partial charge is 0.234 e. The Labute approximate surface area is 105 Å². The highest BCUT2D eigenvalue weighted by molar-refractivity contribution is 5.78. The second kappa shape index (κ2) is 9.03. The van der Waals surface area contributed by atoms with Crippen LogP contribution in [0.1, 0.15) is 20.3 Å². The minimum Gasteiger partial charge on any atom is -0.353 e. The summed E-state index contributed by atoms with van der Waals surface area (Å²) in [7, 11) is 4.07. The summed E-state index contributed by atoms with van der Waals surface area (Å²) in [6.07, 6.45) is 6.16. The highest BCUT2D eigenvalue weighted by Gasteiger charge is 2.14. The number of carbonyl (C=O) groups excluding carboxylic acids is 1. The number of terminal acetylenes is 1. The first-order valence-electron chi connectivity index (χ1n) is 6.04. The second-order valence-electron chi connectivity index (χ2n) is 4.86. The average Bonchev–Trinajstić information content (AvgIpc) is 2.23. The molecule has 17 heavy (non-hydrogen) atoms. The predicted octanol–water partition coefficient (Wildman–Crippen LogP) is 0.302. The van der Waals surface area contributed by atoms with Crippen molar-refractivity contribution in [2.75, 3.05) is 33.7 Å². The quantitative estimate of drug-likeness (QED) is 0.473. The van der Waals surface area contributed by atoms with Gasteiger partial charge in [0, 0.05) is 12.6 Å². The van der Waals surface area contributed by atoms with E-state index in [9.17, 15) is 4.79 Å². The van der Waals surface area contributed by atoms with E-state index in [4.69, 9.17) is 6.42 Å². The van der Waals surface area contributed by atoms with Crippen molar-refractivity contribution in [2.24, 2.45) is 5.92 Å². The van der Waals surface area contributed by atoms with Crippen LogP contribution in [-0.4, -0.2) is 50.6 Å². The molecular weight excluding hydrogens is 214 g/mol. The summed E-state index contributed by atoms with van der Waals surface area (Å²) in [4.78, 5) is 13.6. The maximum atomic E-state index is 11.5. The van der Waals surface area contributed by atoms with E-state index in [1.165, 1.54) is 0 Å². The third kappa shape index (κ3) is 8.73. The van der Waals surface area contributed by atoms with E-state index in [0.717, 1.165) is 6.42 Å². The van der Waals surface area contributed by atoms with Crippen LogP contribution < -0.4 is 10.6 Å². The Hall–Kier alpha value is -1.05. The summed E-state index contributed by atoms with van der Waals surface area (Å²) in [5, 5.41) is 5.78. The number of amides is 1. The predicted molar refractivity (Wildman–Crippen MR) is 71.6 cm³/mol. The second-order valence-corrected chi connectivity index (χ2v) is 4.86. The number of nitrogens with one attached hydrogen (secondary N) is 2. The fourth-order valence-electron chi connectivity index (χ4n) is 1.56. The molecule has 0 bridgehead atoms. The zero-order chi connectivity index (χ0) is 13.3. The first-order chi connectivity index (χ1) is 7.97. The van der Waals surface area contributed by atoms with Crippen LogP contribution in [0.4, 0.5) is 0 Å². The molecule has 0 saturated heterocycles. The minimum atomic E-state index is -0.00384. The molecule has 0 aromatic carbocycles. The lowest BCUT2D eigenvalue weighted by Crippen LogP contribution is -2.43. The van der Waals surface area contributed by atoms with Gasteiger partial charge in [0.15, 0.2) is 0 Å². The summed E-state index contributed by atoms with van der Waals surface area (Å²) < 4.78 is 0. The Morgan fingerprint density at radius 3 is 2.53 bits per heavy atom. The minimum absolute atomic E-state index is 0.00384. The van der Waals surface area contributed by atoms with Gasteiger partial charge in [-0.1, -0.05) is 19.8 Å². The Morgan fingerprint density at radius 2 is 2.06 bits per heavy atom. The zero-order valence-corrected chi connectivity index (χ0v) is 11.4. The lowest BCUT2D eigenvalue weighted by molar-refractivity contribution is -0.120. The van der Waals surface area contributed by atoms with Crippen LogP contribution in [0.2, 0.25) is 0 Å². The highest BCUT2D eigenvalue weighted by Crippen LogP contribution is 2.07. The molecule has 4 nitrogen and oxygen atoms in total. The van der Waals surface area contributed by atoms with Gasteiger partial charge in [-0.25, -0.2) is 0 Å². The first-order valence-corrected chi connectivity index (χ1v) is 6.04. The molecule has 0 rings (SSSR count). The first kappa shape index (κ1) is 16.0. The molecule has 1 atom stereocenters. The van der Waals surface area contributed by atoms with Crippen molar-refractivity contribution < 1.29 is 4.79 Å². The summed E-state index contributed by atoms with van der Waals surface area (Å²) in [5.41, 5.74) is 0. The van der Waals surface area contributed by atoms with Crippen LogP contribution in [0, 0.1) is 18.3 Å². The van der Waals surface area contributed by atoms with Crippen LogP contribution in [0.25, 0.3) is 0 Å². The lowest BCUT2D eigenvalue weighted by atomic mass is 10.0. The van der Waals surface area contributed by atoms with Crippen LogP contribution in [0.3, 0.4) is 0 Å². The van der Waals surface area contributed by atoms with Gasteiger partial charge in [0.25, 0.3) is 0 Å². The molecule has 0 aliphatic carbocycles. The molecule has 0 heterocycles. The number of nitrogens with zero attached hydrogens (tertiary/aromatic N) is 1. The zero-order valence-electron chi connectivity index (χ0n) is 11.4. The van der Waals surface area contributed by atoms with Crippen molar-refractivity contribution in [3.8, 4) is 12.3 Å². The standard InChI is InChI=1S/C13H25N3O/c1-6-7-14-10-13(17)15-9-12(16(4)5)8-11(2)3/h1,11-12,14H,7-10H2,2-5H3,(H,15,17). The maximum absolute atomic E-state index is 11.5. The summed E-state index contributed by atoms with van der Waals surface area (Å²) >= 11 is 0. The maximum Gasteiger partial charge on any atom is 0.234 e. The van der Waals surface area contributed by atoms with Crippen molar-refractivity contribution in [1.82, 2.24) is 15.5 Å². The monoisotopic (exact) mass is 239 g/mol. The van der Waals surface area contributed by atoms with E-state index < -0.39 is 0 Å². The number of carbonyl (C=O) groups is 1. The van der Waals surface area contributed by atoms with Crippen molar-refractivity contribution in [2.45, 2.75) is 26.3 Å². The van der Waals surface area contributed by atoms with E-state index in [-0.39, 0.29) is 12.5 Å². The molecule has 0 aromatic rings. The molecule has 98 valence electrons. The topological polar surface area (TPSA) is 44.4 Å². The van der Waals surface area contributed by atoms with Crippen molar-refractivity contribution >= 4 is 5.91 Å². The fraction of sp³-hybridized carbons (Fsp3) is 0.769. The van der Waals surface area contributed by atoms with Crippen LogP contribution in [-0.2, 0) is 4.79 Å². The van der Waals surface area contributed by atoms with Gasteiger partial charge in [0.2, 0.25) is 5.91 Å². The van der Waals surface area contributed by atoms with Gasteiger partial charge in [-0.2, -0.15) is 0 Å². The molecule has 1 amide bonds. The normalized spacial score (nSPS) is 12.5.